The number of nitrogens with zero attached hydrogens (tertiary/aromatic N) is 5. The molecule has 3 heterocycles. The first-order valence-corrected chi connectivity index (χ1v) is 6.59. The number of aromatic nitrogens is 4. The highest BCUT2D eigenvalue weighted by Crippen LogP contribution is 2.33. The van der Waals surface area contributed by atoms with E-state index in [-0.39, 0.29) is 6.04 Å². The zero-order chi connectivity index (χ0) is 13.2. The molecule has 1 fully saturated rings. The quantitative estimate of drug-likeness (QED) is 0.823. The van der Waals surface area contributed by atoms with Crippen LogP contribution in [0.3, 0.4) is 0 Å². The molecule has 1 atom stereocenters. The second-order valence-corrected chi connectivity index (χ2v) is 4.94. The summed E-state index contributed by atoms with van der Waals surface area (Å²) < 4.78 is 0. The molecule has 0 aliphatic carbocycles. The van der Waals surface area contributed by atoms with E-state index in [1.165, 1.54) is 0 Å². The highest BCUT2D eigenvalue weighted by molar-refractivity contribution is 5.37. The molecule has 19 heavy (non-hydrogen) atoms. The summed E-state index contributed by atoms with van der Waals surface area (Å²) in [6.45, 7) is 5.00. The second-order valence-electron chi connectivity index (χ2n) is 4.94. The van der Waals surface area contributed by atoms with Gasteiger partial charge in [-0.3, -0.25) is 0 Å². The lowest BCUT2D eigenvalue weighted by Crippen LogP contribution is -2.25. The van der Waals surface area contributed by atoms with E-state index >= 15 is 0 Å². The van der Waals surface area contributed by atoms with Crippen molar-refractivity contribution in [1.82, 2.24) is 19.9 Å². The van der Waals surface area contributed by atoms with E-state index in [1.54, 1.807) is 12.5 Å². The Kier molecular flexibility index (Phi) is 3.11. The Hall–Kier alpha value is -2.04. The Morgan fingerprint density at radius 1 is 1.21 bits per heavy atom. The minimum atomic E-state index is 0.268. The molecule has 1 aliphatic heterocycles. The van der Waals surface area contributed by atoms with Gasteiger partial charge in [0.1, 0.15) is 6.33 Å². The predicted molar refractivity (Wildman–Crippen MR) is 72.9 cm³/mol. The molecule has 0 unspecified atom stereocenters. The molecule has 1 saturated heterocycles. The average Bonchev–Trinajstić information content (AvgIpc) is 2.88. The van der Waals surface area contributed by atoms with Gasteiger partial charge in [0, 0.05) is 24.1 Å². The van der Waals surface area contributed by atoms with Crippen LogP contribution < -0.4 is 4.90 Å². The molecule has 0 amide bonds. The number of hydrogen-bond acceptors (Lipinski definition) is 5. The lowest BCUT2D eigenvalue weighted by atomic mass is 10.1. The summed E-state index contributed by atoms with van der Waals surface area (Å²) in [5, 5.41) is 0. The van der Waals surface area contributed by atoms with Crippen molar-refractivity contribution in [2.24, 2.45) is 0 Å². The van der Waals surface area contributed by atoms with Crippen LogP contribution in [0.2, 0.25) is 0 Å². The summed E-state index contributed by atoms with van der Waals surface area (Å²) in [6, 6.07) is 4.24. The zero-order valence-corrected chi connectivity index (χ0v) is 11.2. The van der Waals surface area contributed by atoms with E-state index in [9.17, 15) is 0 Å². The van der Waals surface area contributed by atoms with Crippen LogP contribution in [0.1, 0.15) is 36.0 Å². The summed E-state index contributed by atoms with van der Waals surface area (Å²) in [6.07, 6.45) is 5.63. The maximum atomic E-state index is 4.56. The molecule has 5 nitrogen and oxygen atoms in total. The minimum Gasteiger partial charge on any atom is -0.332 e. The van der Waals surface area contributed by atoms with Crippen molar-refractivity contribution in [3.05, 3.63) is 41.7 Å². The SMILES string of the molecule is Cc1cc(C)nc(N2CCC[C@H]2c2ccncn2)n1. The summed E-state index contributed by atoms with van der Waals surface area (Å²) in [5.74, 6) is 0.818. The van der Waals surface area contributed by atoms with Gasteiger partial charge in [-0.2, -0.15) is 0 Å². The molecule has 3 rings (SSSR count). The molecule has 2 aromatic heterocycles. The van der Waals surface area contributed by atoms with Crippen LogP contribution in [-0.2, 0) is 0 Å². The molecule has 0 N–H and O–H groups in total. The van der Waals surface area contributed by atoms with Gasteiger partial charge in [-0.15, -0.1) is 0 Å². The smallest absolute Gasteiger partial charge is 0.226 e. The van der Waals surface area contributed by atoms with Gasteiger partial charge in [0.25, 0.3) is 0 Å². The Morgan fingerprint density at radius 3 is 2.68 bits per heavy atom. The van der Waals surface area contributed by atoms with Crippen molar-refractivity contribution in [3.63, 3.8) is 0 Å². The van der Waals surface area contributed by atoms with Gasteiger partial charge >= 0.3 is 0 Å². The first-order chi connectivity index (χ1) is 9.24. The van der Waals surface area contributed by atoms with Crippen molar-refractivity contribution >= 4 is 5.95 Å². The van der Waals surface area contributed by atoms with Crippen LogP contribution in [0.25, 0.3) is 0 Å². The molecule has 0 bridgehead atoms. The first-order valence-electron chi connectivity index (χ1n) is 6.59. The average molecular weight is 255 g/mol. The standard InChI is InChI=1S/C14H17N5/c1-10-8-11(2)18-14(17-10)19-7-3-4-13(19)12-5-6-15-9-16-12/h5-6,8-9,13H,3-4,7H2,1-2H3/t13-/m0/s1. The molecule has 2 aromatic rings. The topological polar surface area (TPSA) is 54.8 Å². The summed E-state index contributed by atoms with van der Waals surface area (Å²) >= 11 is 0. The normalized spacial score (nSPS) is 18.8. The van der Waals surface area contributed by atoms with E-state index in [4.69, 9.17) is 0 Å². The molecule has 1 aliphatic rings. The maximum absolute atomic E-state index is 4.56. The van der Waals surface area contributed by atoms with Crippen molar-refractivity contribution in [2.75, 3.05) is 11.4 Å². The highest BCUT2D eigenvalue weighted by Gasteiger charge is 2.29. The van der Waals surface area contributed by atoms with Gasteiger partial charge < -0.3 is 4.90 Å². The second kappa shape index (κ2) is 4.91. The Morgan fingerprint density at radius 2 is 2.00 bits per heavy atom. The number of anilines is 1. The van der Waals surface area contributed by atoms with Gasteiger partial charge in [-0.05, 0) is 38.8 Å². The maximum Gasteiger partial charge on any atom is 0.226 e. The fraction of sp³-hybridized carbons (Fsp3) is 0.429. The predicted octanol–water partition coefficient (Wildman–Crippen LogP) is 2.22. The molecular formula is C14H17N5. The van der Waals surface area contributed by atoms with Gasteiger partial charge in [-0.1, -0.05) is 0 Å². The fourth-order valence-corrected chi connectivity index (χ4v) is 2.65. The minimum absolute atomic E-state index is 0.268. The number of aryl methyl sites for hydroxylation is 2. The molecule has 5 heteroatoms. The monoisotopic (exact) mass is 255 g/mol. The fourth-order valence-electron chi connectivity index (χ4n) is 2.65. The summed E-state index contributed by atoms with van der Waals surface area (Å²) in [5.41, 5.74) is 3.07. The molecule has 0 spiro atoms. The molecule has 0 radical (unpaired) electrons. The van der Waals surface area contributed by atoms with Crippen molar-refractivity contribution in [1.29, 1.82) is 0 Å². The van der Waals surface area contributed by atoms with E-state index < -0.39 is 0 Å². The lowest BCUT2D eigenvalue weighted by molar-refractivity contribution is 0.674. The third-order valence-electron chi connectivity index (χ3n) is 3.43. The summed E-state index contributed by atoms with van der Waals surface area (Å²) in [7, 11) is 0. The van der Waals surface area contributed by atoms with Crippen LogP contribution in [-0.4, -0.2) is 26.5 Å². The van der Waals surface area contributed by atoms with Gasteiger partial charge in [0.15, 0.2) is 0 Å². The van der Waals surface area contributed by atoms with Crippen molar-refractivity contribution < 1.29 is 0 Å². The number of rotatable bonds is 2. The molecule has 98 valence electrons. The van der Waals surface area contributed by atoms with Crippen LogP contribution in [0.5, 0.6) is 0 Å². The van der Waals surface area contributed by atoms with E-state index in [0.29, 0.717) is 0 Å². The van der Waals surface area contributed by atoms with E-state index in [2.05, 4.69) is 24.8 Å². The third kappa shape index (κ3) is 2.41. The van der Waals surface area contributed by atoms with Gasteiger partial charge in [0.05, 0.1) is 11.7 Å². The Labute approximate surface area is 112 Å². The van der Waals surface area contributed by atoms with Crippen LogP contribution >= 0.6 is 0 Å². The van der Waals surface area contributed by atoms with Gasteiger partial charge in [-0.25, -0.2) is 19.9 Å². The third-order valence-corrected chi connectivity index (χ3v) is 3.43. The Balaban J connectivity index is 1.95. The van der Waals surface area contributed by atoms with E-state index in [0.717, 1.165) is 42.4 Å². The van der Waals surface area contributed by atoms with Crippen LogP contribution in [0.4, 0.5) is 5.95 Å². The summed E-state index contributed by atoms with van der Waals surface area (Å²) in [4.78, 5) is 19.7. The van der Waals surface area contributed by atoms with Crippen molar-refractivity contribution in [3.8, 4) is 0 Å². The first kappa shape index (κ1) is 12.0. The van der Waals surface area contributed by atoms with Crippen molar-refractivity contribution in [2.45, 2.75) is 32.7 Å². The van der Waals surface area contributed by atoms with Crippen LogP contribution in [0, 0.1) is 13.8 Å². The van der Waals surface area contributed by atoms with Crippen LogP contribution in [0.15, 0.2) is 24.7 Å². The van der Waals surface area contributed by atoms with Gasteiger partial charge in [0.2, 0.25) is 5.95 Å². The highest BCUT2D eigenvalue weighted by atomic mass is 15.3. The lowest BCUT2D eigenvalue weighted by Gasteiger charge is -2.24. The molecule has 0 saturated carbocycles. The number of hydrogen-bond donors (Lipinski definition) is 0. The largest absolute Gasteiger partial charge is 0.332 e. The zero-order valence-electron chi connectivity index (χ0n) is 11.2. The Bertz CT molecular complexity index is 549. The van der Waals surface area contributed by atoms with E-state index in [1.807, 2.05) is 26.0 Å². The molecule has 0 aromatic carbocycles. The molecular weight excluding hydrogens is 238 g/mol.